The van der Waals surface area contributed by atoms with Crippen LogP contribution < -0.4 is 25.8 Å². The summed E-state index contributed by atoms with van der Waals surface area (Å²) in [6.07, 6.45) is 6.47. The molecule has 5 aromatic rings. The number of anilines is 4. The first kappa shape index (κ1) is 41.3. The van der Waals surface area contributed by atoms with Crippen LogP contribution in [0.15, 0.2) is 67.0 Å². The number of urea groups is 1. The number of fused-ring (bicyclic) bond motifs is 2. The number of nitrogens with one attached hydrogen (secondary N) is 3. The predicted molar refractivity (Wildman–Crippen MR) is 234 cm³/mol. The number of piperidine rings is 1. The molecule has 0 unspecified atom stereocenters. The average Bonchev–Trinajstić information content (AvgIpc) is 3.89. The van der Waals surface area contributed by atoms with Gasteiger partial charge in [0.2, 0.25) is 5.91 Å². The van der Waals surface area contributed by atoms with E-state index in [9.17, 15) is 14.4 Å². The van der Waals surface area contributed by atoms with Crippen molar-refractivity contribution in [3.05, 3.63) is 94.4 Å². The minimum atomic E-state index is -2.89. The molecule has 15 nitrogen and oxygen atoms in total. The van der Waals surface area contributed by atoms with Crippen LogP contribution in [0.2, 0.25) is 5.02 Å². The third-order valence-electron chi connectivity index (χ3n) is 13.5. The van der Waals surface area contributed by atoms with Gasteiger partial charge < -0.3 is 20.3 Å². The number of halogens is 3. The van der Waals surface area contributed by atoms with Crippen molar-refractivity contribution < 1.29 is 27.9 Å². The number of rotatable bonds is 11. The molecule has 3 saturated heterocycles. The Morgan fingerprint density at radius 3 is 2.46 bits per heavy atom. The van der Waals surface area contributed by atoms with E-state index in [0.717, 1.165) is 58.6 Å². The summed E-state index contributed by atoms with van der Waals surface area (Å²) in [4.78, 5) is 54.3. The molecule has 4 fully saturated rings. The van der Waals surface area contributed by atoms with E-state index in [2.05, 4.69) is 42.9 Å². The molecule has 7 heterocycles. The third-order valence-corrected chi connectivity index (χ3v) is 13.8. The number of benzene rings is 2. The van der Waals surface area contributed by atoms with Gasteiger partial charge in [0, 0.05) is 83.4 Å². The number of imidazole rings is 1. The summed E-state index contributed by atoms with van der Waals surface area (Å²) in [6.45, 7) is 2.49. The van der Waals surface area contributed by atoms with Gasteiger partial charge in [-0.25, -0.2) is 23.1 Å². The van der Waals surface area contributed by atoms with Crippen molar-refractivity contribution in [1.82, 2.24) is 40.0 Å². The molecule has 1 saturated carbocycles. The lowest BCUT2D eigenvalue weighted by molar-refractivity contribution is -0.227. The number of methoxy groups -OCH3 is 1. The lowest BCUT2D eigenvalue weighted by Crippen LogP contribution is -2.69. The zero-order chi connectivity index (χ0) is 43.6. The van der Waals surface area contributed by atoms with Gasteiger partial charge in [-0.1, -0.05) is 35.9 Å². The summed E-state index contributed by atoms with van der Waals surface area (Å²) in [6, 6.07) is 16.8. The van der Waals surface area contributed by atoms with Crippen molar-refractivity contribution in [3.8, 4) is 11.3 Å². The number of hydrogen-bond acceptors (Lipinski definition) is 11. The Bertz CT molecular complexity index is 2620. The molecule has 0 radical (unpaired) electrons. The molecule has 4 aliphatic heterocycles. The fourth-order valence-electron chi connectivity index (χ4n) is 9.88. The number of nitrogens with zero attached hydrogens (tertiary/aromatic N) is 8. The monoisotopic (exact) mass is 879 g/mol. The van der Waals surface area contributed by atoms with E-state index in [4.69, 9.17) is 26.4 Å². The second-order valence-electron chi connectivity index (χ2n) is 17.4. The highest BCUT2D eigenvalue weighted by Gasteiger charge is 2.62. The first-order valence-corrected chi connectivity index (χ1v) is 21.8. The number of hydrogen-bond donors (Lipinski definition) is 3. The average molecular weight is 880 g/mol. The molecule has 18 heteroatoms. The zero-order valence-corrected chi connectivity index (χ0v) is 35.8. The van der Waals surface area contributed by atoms with Crippen molar-refractivity contribution >= 4 is 58.0 Å². The summed E-state index contributed by atoms with van der Waals surface area (Å²) < 4.78 is 39.0. The molecule has 5 aliphatic rings. The Hall–Kier alpha value is -5.75. The molecular formula is C45H48ClF2N11O4. The molecule has 4 amide bonds. The first-order chi connectivity index (χ1) is 30.4. The number of carbonyl (C=O) groups is 3. The molecule has 3 N–H and O–H groups in total. The van der Waals surface area contributed by atoms with Gasteiger partial charge in [-0.2, -0.15) is 0 Å². The van der Waals surface area contributed by atoms with Gasteiger partial charge in [0.1, 0.15) is 0 Å². The maximum absolute atomic E-state index is 16.0. The lowest BCUT2D eigenvalue weighted by Gasteiger charge is -2.57. The van der Waals surface area contributed by atoms with Gasteiger partial charge in [0.25, 0.3) is 11.8 Å². The Morgan fingerprint density at radius 2 is 1.73 bits per heavy atom. The molecule has 2 aromatic carbocycles. The highest BCUT2D eigenvalue weighted by molar-refractivity contribution is 6.34. The van der Waals surface area contributed by atoms with E-state index in [1.54, 1.807) is 40.9 Å². The van der Waals surface area contributed by atoms with Crippen molar-refractivity contribution in [2.75, 3.05) is 68.5 Å². The van der Waals surface area contributed by atoms with E-state index < -0.39 is 17.4 Å². The van der Waals surface area contributed by atoms with Gasteiger partial charge in [-0.05, 0) is 73.2 Å². The van der Waals surface area contributed by atoms with Crippen LogP contribution in [0.25, 0.3) is 16.9 Å². The first-order valence-electron chi connectivity index (χ1n) is 21.4. The smallest absolute Gasteiger partial charge is 0.328 e. The van der Waals surface area contributed by atoms with Crippen LogP contribution in [-0.4, -0.2) is 119 Å². The van der Waals surface area contributed by atoms with Crippen molar-refractivity contribution in [1.29, 1.82) is 0 Å². The normalized spacial score (nSPS) is 21.9. The van der Waals surface area contributed by atoms with Crippen LogP contribution in [0.1, 0.15) is 52.9 Å². The summed E-state index contributed by atoms with van der Waals surface area (Å²) in [5, 5.41) is 13.9. The number of amides is 4. The van der Waals surface area contributed by atoms with Gasteiger partial charge in [-0.3, -0.25) is 34.6 Å². The number of ether oxygens (including phenoxy) is 1. The predicted octanol–water partition coefficient (Wildman–Crippen LogP) is 5.88. The van der Waals surface area contributed by atoms with Gasteiger partial charge in [0.05, 0.1) is 52.4 Å². The maximum atomic E-state index is 16.0. The number of carbonyl (C=O) groups excluding carboxylic acids is 3. The fraction of sp³-hybridized carbons (Fsp3) is 0.422. The zero-order valence-electron chi connectivity index (χ0n) is 35.0. The second-order valence-corrected chi connectivity index (χ2v) is 17.8. The largest absolute Gasteiger partial charge is 0.385 e. The standard InChI is InChI=1S/C45H48ClF2N11O4/c1-49-34-19-39(54-59-37(21-51-41(34)59)42(61)52-33-10-11-38(33)63-2)57-15-12-30-29(4-3-5-35(30)57)32-9-7-28(20-50-32)23-56-24-44(25-56)14-17-55(26-45(44,47)48)22-27-6-8-31(46)36(18-27)58-16-13-40(60)53-43(58)62/h3-9,18-21,33,38,49H,10-17,22-26H2,1-2H3,(H,52,61)(H,53,60,62)/t33-,38-/m1/s1. The minimum absolute atomic E-state index is 0.00446. The Morgan fingerprint density at radius 1 is 0.921 bits per heavy atom. The summed E-state index contributed by atoms with van der Waals surface area (Å²) >= 11 is 6.42. The maximum Gasteiger partial charge on any atom is 0.328 e. The SMILES string of the molecule is CNc1cc(N2CCc3c(-c4ccc(CN5CC6(CCN(Cc7ccc(Cl)c(N8CCC(=O)NC8=O)c7)CC6(F)F)C5)cn4)cccc32)nn2c(C(=O)N[C@@H]3CC[C@H]3OC)cnc12. The van der Waals surface area contributed by atoms with Crippen molar-refractivity contribution in [3.63, 3.8) is 0 Å². The molecule has 1 spiro atoms. The van der Waals surface area contributed by atoms with Crippen LogP contribution in [0.5, 0.6) is 0 Å². The Labute approximate surface area is 367 Å². The molecule has 10 rings (SSSR count). The Balaban J connectivity index is 0.780. The number of imide groups is 1. The van der Waals surface area contributed by atoms with E-state index in [-0.39, 0.29) is 43.5 Å². The number of aromatic nitrogens is 4. The van der Waals surface area contributed by atoms with E-state index in [1.165, 1.54) is 4.90 Å². The topological polar surface area (TPSA) is 153 Å². The van der Waals surface area contributed by atoms with Crippen molar-refractivity contribution in [2.45, 2.75) is 63.3 Å². The third kappa shape index (κ3) is 7.43. The molecule has 0 bridgehead atoms. The highest BCUT2D eigenvalue weighted by atomic mass is 35.5. The van der Waals surface area contributed by atoms with E-state index in [1.807, 2.05) is 37.5 Å². The van der Waals surface area contributed by atoms with Gasteiger partial charge in [-0.15, -0.1) is 5.10 Å². The van der Waals surface area contributed by atoms with Gasteiger partial charge in [0.15, 0.2) is 17.2 Å². The second kappa shape index (κ2) is 16.1. The molecule has 63 heavy (non-hydrogen) atoms. The number of likely N-dealkylation sites (tertiary alicyclic amines) is 2. The van der Waals surface area contributed by atoms with Crippen LogP contribution in [0.3, 0.4) is 0 Å². The van der Waals surface area contributed by atoms with Crippen LogP contribution >= 0.6 is 11.6 Å². The van der Waals surface area contributed by atoms with Crippen LogP contribution in [0.4, 0.5) is 36.5 Å². The van der Waals surface area contributed by atoms with Crippen LogP contribution in [0, 0.1) is 5.41 Å². The number of pyridine rings is 1. The summed E-state index contributed by atoms with van der Waals surface area (Å²) in [5.41, 5.74) is 6.76. The molecule has 328 valence electrons. The number of alkyl halides is 2. The van der Waals surface area contributed by atoms with Gasteiger partial charge >= 0.3 is 6.03 Å². The fourth-order valence-corrected chi connectivity index (χ4v) is 10.1. The van der Waals surface area contributed by atoms with Crippen LogP contribution in [-0.2, 0) is 29.0 Å². The molecular weight excluding hydrogens is 832 g/mol. The molecule has 1 aliphatic carbocycles. The quantitative estimate of drug-likeness (QED) is 0.146. The Kier molecular flexibility index (Phi) is 10.6. The van der Waals surface area contributed by atoms with E-state index >= 15 is 8.78 Å². The van der Waals surface area contributed by atoms with Crippen molar-refractivity contribution in [2.24, 2.45) is 5.41 Å². The summed E-state index contributed by atoms with van der Waals surface area (Å²) in [7, 11) is 3.48. The minimum Gasteiger partial charge on any atom is -0.385 e. The molecule has 3 aromatic heterocycles. The highest BCUT2D eigenvalue weighted by Crippen LogP contribution is 2.51. The summed E-state index contributed by atoms with van der Waals surface area (Å²) in [5.74, 6) is -2.79. The lowest BCUT2D eigenvalue weighted by atomic mass is 9.69. The van der Waals surface area contributed by atoms with E-state index in [0.29, 0.717) is 73.6 Å². The molecule has 2 atom stereocenters.